The van der Waals surface area contributed by atoms with Gasteiger partial charge in [-0.15, -0.1) is 0 Å². The zero-order valence-electron chi connectivity index (χ0n) is 16.8. The Balaban J connectivity index is 1.22. The number of carbonyl (C=O) groups excluding carboxylic acids is 2. The van der Waals surface area contributed by atoms with E-state index in [4.69, 9.17) is 5.11 Å². The van der Waals surface area contributed by atoms with Crippen LogP contribution in [-0.4, -0.2) is 53.1 Å². The van der Waals surface area contributed by atoms with E-state index in [2.05, 4.69) is 10.6 Å². The average Bonchev–Trinajstić information content (AvgIpc) is 2.59. The number of rotatable bonds is 5. The summed E-state index contributed by atoms with van der Waals surface area (Å²) < 4.78 is 0. The third-order valence-corrected chi connectivity index (χ3v) is 7.69. The summed E-state index contributed by atoms with van der Waals surface area (Å²) in [6.45, 7) is -0.260. The van der Waals surface area contributed by atoms with Crippen LogP contribution in [0, 0.1) is 17.3 Å². The molecule has 28 heavy (non-hydrogen) atoms. The maximum absolute atomic E-state index is 12.6. The molecule has 3 N–H and O–H groups in total. The van der Waals surface area contributed by atoms with E-state index >= 15 is 0 Å². The van der Waals surface area contributed by atoms with Crippen LogP contribution in [0.5, 0.6) is 0 Å². The highest BCUT2D eigenvalue weighted by Crippen LogP contribution is 2.65. The molecule has 1 spiro atoms. The Morgan fingerprint density at radius 3 is 2.43 bits per heavy atom. The van der Waals surface area contributed by atoms with E-state index in [9.17, 15) is 14.4 Å². The average molecular weight is 392 g/mol. The van der Waals surface area contributed by atoms with Crippen LogP contribution in [-0.2, 0) is 9.59 Å². The zero-order chi connectivity index (χ0) is 19.9. The molecular formula is C21H33N3O4. The number of urea groups is 1. The molecule has 1 atom stereocenters. The minimum absolute atomic E-state index is 0.0279. The van der Waals surface area contributed by atoms with Crippen molar-refractivity contribution in [1.82, 2.24) is 15.5 Å². The molecule has 0 radical (unpaired) electrons. The van der Waals surface area contributed by atoms with E-state index in [1.165, 1.54) is 30.6 Å². The highest BCUT2D eigenvalue weighted by atomic mass is 16.4. The van der Waals surface area contributed by atoms with Crippen molar-refractivity contribution >= 4 is 17.9 Å². The second-order valence-corrected chi connectivity index (χ2v) is 10.0. The maximum Gasteiger partial charge on any atom is 0.323 e. The van der Waals surface area contributed by atoms with Crippen LogP contribution in [0.4, 0.5) is 4.79 Å². The lowest BCUT2D eigenvalue weighted by atomic mass is 9.43. The summed E-state index contributed by atoms with van der Waals surface area (Å²) >= 11 is 0. The molecule has 0 heterocycles. The van der Waals surface area contributed by atoms with E-state index in [0.29, 0.717) is 18.3 Å². The number of nitrogens with one attached hydrogen (secondary N) is 2. The maximum atomic E-state index is 12.6. The van der Waals surface area contributed by atoms with Crippen molar-refractivity contribution < 1.29 is 19.5 Å². The number of carboxylic acids is 1. The van der Waals surface area contributed by atoms with Gasteiger partial charge in [-0.3, -0.25) is 9.59 Å². The molecule has 7 heteroatoms. The van der Waals surface area contributed by atoms with Gasteiger partial charge in [0.25, 0.3) is 0 Å². The van der Waals surface area contributed by atoms with Gasteiger partial charge in [0.15, 0.2) is 0 Å². The summed E-state index contributed by atoms with van der Waals surface area (Å²) in [4.78, 5) is 37.0. The number of hydrogen-bond acceptors (Lipinski definition) is 3. The van der Waals surface area contributed by atoms with Crippen molar-refractivity contribution in [2.24, 2.45) is 17.3 Å². The minimum atomic E-state index is -0.994. The van der Waals surface area contributed by atoms with Crippen LogP contribution < -0.4 is 10.6 Å². The van der Waals surface area contributed by atoms with E-state index in [1.54, 1.807) is 7.05 Å². The SMILES string of the molecule is CN(CC(=O)O)C(=O)C1CCC(NC(=O)NC23CC4CCCC(C4)(C2)C3)CC1. The van der Waals surface area contributed by atoms with Gasteiger partial charge in [-0.1, -0.05) is 12.8 Å². The fourth-order valence-corrected chi connectivity index (χ4v) is 6.84. The molecular weight excluding hydrogens is 358 g/mol. The molecule has 5 aliphatic carbocycles. The van der Waals surface area contributed by atoms with Crippen LogP contribution >= 0.6 is 0 Å². The van der Waals surface area contributed by atoms with Crippen molar-refractivity contribution in [3.05, 3.63) is 0 Å². The molecule has 3 amide bonds. The van der Waals surface area contributed by atoms with Crippen LogP contribution in [0.1, 0.15) is 70.6 Å². The molecule has 156 valence electrons. The van der Waals surface area contributed by atoms with Gasteiger partial charge in [-0.2, -0.15) is 0 Å². The predicted octanol–water partition coefficient (Wildman–Crippen LogP) is 2.50. The molecule has 0 aliphatic heterocycles. The highest BCUT2D eigenvalue weighted by Gasteiger charge is 2.61. The zero-order valence-corrected chi connectivity index (χ0v) is 16.8. The Hall–Kier alpha value is -1.79. The lowest BCUT2D eigenvalue weighted by Gasteiger charge is -2.65. The number of carbonyl (C=O) groups is 3. The van der Waals surface area contributed by atoms with Crippen molar-refractivity contribution in [1.29, 1.82) is 0 Å². The van der Waals surface area contributed by atoms with Gasteiger partial charge in [0, 0.05) is 24.5 Å². The van der Waals surface area contributed by atoms with Gasteiger partial charge in [0.2, 0.25) is 5.91 Å². The van der Waals surface area contributed by atoms with Gasteiger partial charge >= 0.3 is 12.0 Å². The van der Waals surface area contributed by atoms with Crippen LogP contribution in [0.25, 0.3) is 0 Å². The van der Waals surface area contributed by atoms with Gasteiger partial charge < -0.3 is 20.6 Å². The second kappa shape index (κ2) is 7.23. The molecule has 7 nitrogen and oxygen atoms in total. The molecule has 0 aromatic heterocycles. The molecule has 5 fully saturated rings. The van der Waals surface area contributed by atoms with E-state index in [1.807, 2.05) is 0 Å². The third kappa shape index (κ3) is 3.85. The van der Waals surface area contributed by atoms with Crippen LogP contribution in [0.2, 0.25) is 0 Å². The van der Waals surface area contributed by atoms with E-state index < -0.39 is 5.97 Å². The Morgan fingerprint density at radius 2 is 1.79 bits per heavy atom. The first kappa shape index (κ1) is 19.5. The fourth-order valence-electron chi connectivity index (χ4n) is 6.84. The molecule has 0 aromatic rings. The summed E-state index contributed by atoms with van der Waals surface area (Å²) in [5, 5.41) is 15.3. The first-order valence-corrected chi connectivity index (χ1v) is 10.8. The number of aliphatic carboxylic acids is 1. The van der Waals surface area contributed by atoms with Gasteiger partial charge in [-0.25, -0.2) is 4.79 Å². The normalized spacial score (nSPS) is 38.7. The second-order valence-electron chi connectivity index (χ2n) is 10.0. The molecule has 5 saturated carbocycles. The summed E-state index contributed by atoms with van der Waals surface area (Å²) in [7, 11) is 1.54. The summed E-state index contributed by atoms with van der Waals surface area (Å²) in [5.74, 6) is -0.432. The third-order valence-electron chi connectivity index (χ3n) is 7.69. The predicted molar refractivity (Wildman–Crippen MR) is 104 cm³/mol. The fraction of sp³-hybridized carbons (Fsp3) is 0.857. The molecule has 5 rings (SSSR count). The number of carboxylic acid groups (broad SMARTS) is 1. The standard InChI is InChI=1S/C21H33N3O4/c1-24(11-17(25)26)18(27)15-4-6-16(7-5-15)22-19(28)23-21-10-14-3-2-8-20(9-14,12-21)13-21/h14-16H,2-13H2,1H3,(H,25,26)(H2,22,23,28). The summed E-state index contributed by atoms with van der Waals surface area (Å²) in [5.41, 5.74) is 0.551. The number of nitrogens with zero attached hydrogens (tertiary/aromatic N) is 1. The Kier molecular flexibility index (Phi) is 5.04. The van der Waals surface area contributed by atoms with Gasteiger partial charge in [0.1, 0.15) is 6.54 Å². The van der Waals surface area contributed by atoms with Crippen molar-refractivity contribution in [3.8, 4) is 0 Å². The Labute approximate surface area is 166 Å². The first-order chi connectivity index (χ1) is 13.3. The van der Waals surface area contributed by atoms with Gasteiger partial charge in [-0.05, 0) is 69.1 Å². The van der Waals surface area contributed by atoms with Gasteiger partial charge in [0.05, 0.1) is 0 Å². The molecule has 1 unspecified atom stereocenters. The van der Waals surface area contributed by atoms with Crippen molar-refractivity contribution in [2.75, 3.05) is 13.6 Å². The minimum Gasteiger partial charge on any atom is -0.480 e. The topological polar surface area (TPSA) is 98.7 Å². The number of hydrogen-bond donors (Lipinski definition) is 3. The monoisotopic (exact) mass is 391 g/mol. The van der Waals surface area contributed by atoms with E-state index in [-0.39, 0.29) is 36.0 Å². The number of amides is 3. The molecule has 0 aromatic carbocycles. The highest BCUT2D eigenvalue weighted by molar-refractivity contribution is 5.83. The summed E-state index contributed by atoms with van der Waals surface area (Å²) in [6, 6.07) is 0.0509. The Morgan fingerprint density at radius 1 is 1.07 bits per heavy atom. The van der Waals surface area contributed by atoms with Crippen molar-refractivity contribution in [3.63, 3.8) is 0 Å². The lowest BCUT2D eigenvalue weighted by molar-refractivity contribution is -0.145. The molecule has 5 aliphatic rings. The Bertz CT molecular complexity index is 645. The lowest BCUT2D eigenvalue weighted by Crippen LogP contribution is -2.68. The number of likely N-dealkylation sites (N-methyl/N-ethyl adjacent to an activating group) is 1. The summed E-state index contributed by atoms with van der Waals surface area (Å²) in [6.07, 6.45) is 11.8. The van der Waals surface area contributed by atoms with Crippen LogP contribution in [0.3, 0.4) is 0 Å². The first-order valence-electron chi connectivity index (χ1n) is 10.8. The van der Waals surface area contributed by atoms with E-state index in [0.717, 1.165) is 38.0 Å². The largest absolute Gasteiger partial charge is 0.480 e. The smallest absolute Gasteiger partial charge is 0.323 e. The quantitative estimate of drug-likeness (QED) is 0.670. The molecule has 3 bridgehead atoms. The molecule has 0 saturated heterocycles. The van der Waals surface area contributed by atoms with Crippen molar-refractivity contribution in [2.45, 2.75) is 82.2 Å². The van der Waals surface area contributed by atoms with Crippen LogP contribution in [0.15, 0.2) is 0 Å².